The van der Waals surface area contributed by atoms with Crippen molar-refractivity contribution in [3.63, 3.8) is 0 Å². The van der Waals surface area contributed by atoms with E-state index < -0.39 is 0 Å². The summed E-state index contributed by atoms with van der Waals surface area (Å²) in [6.07, 6.45) is 2.04. The molecular formula is C15H23NO. The first-order valence-electron chi connectivity index (χ1n) is 6.23. The van der Waals surface area contributed by atoms with Crippen molar-refractivity contribution in [2.75, 3.05) is 14.1 Å². The third kappa shape index (κ3) is 3.97. The topological polar surface area (TPSA) is 20.3 Å². The van der Waals surface area contributed by atoms with Crippen LogP contribution in [-0.2, 0) is 4.79 Å². The van der Waals surface area contributed by atoms with Gasteiger partial charge in [-0.25, -0.2) is 0 Å². The highest BCUT2D eigenvalue weighted by Crippen LogP contribution is 2.29. The Balaban J connectivity index is 2.95. The Morgan fingerprint density at radius 3 is 2.18 bits per heavy atom. The molecule has 0 amide bonds. The number of rotatable bonds is 6. The fourth-order valence-electron chi connectivity index (χ4n) is 2.38. The number of nitrogens with zero attached hydrogens (tertiary/aromatic N) is 1. The zero-order chi connectivity index (χ0) is 12.8. The van der Waals surface area contributed by atoms with Crippen LogP contribution in [0.4, 0.5) is 0 Å². The Morgan fingerprint density at radius 2 is 1.76 bits per heavy atom. The van der Waals surface area contributed by atoms with Gasteiger partial charge in [0.05, 0.1) is 0 Å². The lowest BCUT2D eigenvalue weighted by Gasteiger charge is -2.30. The zero-order valence-corrected chi connectivity index (χ0v) is 11.3. The van der Waals surface area contributed by atoms with Gasteiger partial charge in [0.1, 0.15) is 6.29 Å². The summed E-state index contributed by atoms with van der Waals surface area (Å²) in [4.78, 5) is 13.5. The number of carbonyl (C=O) groups excluding carboxylic acids is 1. The number of aldehydes is 1. The molecule has 1 rings (SSSR count). The average molecular weight is 233 g/mol. The van der Waals surface area contributed by atoms with E-state index in [4.69, 9.17) is 0 Å². The van der Waals surface area contributed by atoms with Crippen LogP contribution in [0.25, 0.3) is 0 Å². The minimum Gasteiger partial charge on any atom is -0.303 e. The van der Waals surface area contributed by atoms with Crippen LogP contribution in [0.1, 0.15) is 31.9 Å². The molecule has 0 aliphatic carbocycles. The molecule has 1 aromatic carbocycles. The Labute approximate surface area is 105 Å². The van der Waals surface area contributed by atoms with Crippen LogP contribution in [0.15, 0.2) is 30.3 Å². The van der Waals surface area contributed by atoms with Crippen molar-refractivity contribution in [1.82, 2.24) is 4.90 Å². The summed E-state index contributed by atoms with van der Waals surface area (Å²) >= 11 is 0. The maximum atomic E-state index is 11.3. The monoisotopic (exact) mass is 233 g/mol. The van der Waals surface area contributed by atoms with Crippen LogP contribution in [0.5, 0.6) is 0 Å². The van der Waals surface area contributed by atoms with Gasteiger partial charge in [0.2, 0.25) is 0 Å². The summed E-state index contributed by atoms with van der Waals surface area (Å²) < 4.78 is 0. The first-order valence-corrected chi connectivity index (χ1v) is 6.23. The van der Waals surface area contributed by atoms with E-state index in [1.807, 2.05) is 32.3 Å². The van der Waals surface area contributed by atoms with Crippen molar-refractivity contribution in [2.24, 2.45) is 11.8 Å². The van der Waals surface area contributed by atoms with Crippen molar-refractivity contribution in [3.05, 3.63) is 35.9 Å². The minimum absolute atomic E-state index is 0.0624. The third-order valence-corrected chi connectivity index (χ3v) is 3.02. The van der Waals surface area contributed by atoms with Crippen LogP contribution >= 0.6 is 0 Å². The Hall–Kier alpha value is -1.15. The summed E-state index contributed by atoms with van der Waals surface area (Å²) in [5, 5.41) is 0. The molecule has 0 unspecified atom stereocenters. The van der Waals surface area contributed by atoms with Crippen LogP contribution in [0, 0.1) is 11.8 Å². The third-order valence-electron chi connectivity index (χ3n) is 3.02. The van der Waals surface area contributed by atoms with Gasteiger partial charge in [-0.3, -0.25) is 0 Å². The van der Waals surface area contributed by atoms with E-state index in [1.54, 1.807) is 0 Å². The predicted molar refractivity (Wildman–Crippen MR) is 71.9 cm³/mol. The largest absolute Gasteiger partial charge is 0.303 e. The van der Waals surface area contributed by atoms with E-state index in [9.17, 15) is 4.79 Å². The fourth-order valence-corrected chi connectivity index (χ4v) is 2.38. The van der Waals surface area contributed by atoms with Crippen LogP contribution in [-0.4, -0.2) is 25.3 Å². The maximum Gasteiger partial charge on any atom is 0.124 e. The SMILES string of the molecule is CC(C)C[C@H](C=O)[C@@H](c1ccccc1)N(C)C. The smallest absolute Gasteiger partial charge is 0.124 e. The van der Waals surface area contributed by atoms with Gasteiger partial charge in [-0.15, -0.1) is 0 Å². The second-order valence-electron chi connectivity index (χ2n) is 5.25. The molecule has 0 aliphatic rings. The van der Waals surface area contributed by atoms with Crippen LogP contribution < -0.4 is 0 Å². The molecule has 0 radical (unpaired) electrons. The van der Waals surface area contributed by atoms with E-state index in [1.165, 1.54) is 5.56 Å². The molecule has 0 saturated heterocycles. The molecular weight excluding hydrogens is 210 g/mol. The predicted octanol–water partition coefficient (Wildman–Crippen LogP) is 3.15. The van der Waals surface area contributed by atoms with Crippen molar-refractivity contribution in [2.45, 2.75) is 26.3 Å². The molecule has 2 atom stereocenters. The van der Waals surface area contributed by atoms with Gasteiger partial charge in [-0.05, 0) is 32.0 Å². The van der Waals surface area contributed by atoms with Crippen molar-refractivity contribution < 1.29 is 4.79 Å². The lowest BCUT2D eigenvalue weighted by Crippen LogP contribution is -2.29. The van der Waals surface area contributed by atoms with Gasteiger partial charge in [0.25, 0.3) is 0 Å². The standard InChI is InChI=1S/C15H23NO/c1-12(2)10-14(11-17)15(16(3)4)13-8-6-5-7-9-13/h5-9,11-12,14-15H,10H2,1-4H3/t14-,15-/m1/s1. The highest BCUT2D eigenvalue weighted by atomic mass is 16.1. The Bertz CT molecular complexity index is 332. The molecule has 94 valence electrons. The normalized spacial score (nSPS) is 14.9. The molecule has 0 aromatic heterocycles. The molecule has 0 fully saturated rings. The van der Waals surface area contributed by atoms with Crippen molar-refractivity contribution in [3.8, 4) is 0 Å². The molecule has 0 spiro atoms. The quantitative estimate of drug-likeness (QED) is 0.703. The molecule has 17 heavy (non-hydrogen) atoms. The molecule has 0 N–H and O–H groups in total. The van der Waals surface area contributed by atoms with E-state index in [0.29, 0.717) is 5.92 Å². The average Bonchev–Trinajstić information content (AvgIpc) is 2.28. The lowest BCUT2D eigenvalue weighted by atomic mass is 9.87. The summed E-state index contributed by atoms with van der Waals surface area (Å²) in [6, 6.07) is 10.4. The number of benzene rings is 1. The number of hydrogen-bond acceptors (Lipinski definition) is 2. The van der Waals surface area contributed by atoms with Crippen LogP contribution in [0.2, 0.25) is 0 Å². The Kier molecular flexibility index (Phi) is 5.36. The summed E-state index contributed by atoms with van der Waals surface area (Å²) in [5.41, 5.74) is 1.22. The second kappa shape index (κ2) is 6.55. The first kappa shape index (κ1) is 13.9. The molecule has 0 aliphatic heterocycles. The summed E-state index contributed by atoms with van der Waals surface area (Å²) in [6.45, 7) is 4.32. The lowest BCUT2D eigenvalue weighted by molar-refractivity contribution is -0.113. The fraction of sp³-hybridized carbons (Fsp3) is 0.533. The van der Waals surface area contributed by atoms with Gasteiger partial charge in [0.15, 0.2) is 0 Å². The van der Waals surface area contributed by atoms with Gasteiger partial charge in [-0.1, -0.05) is 44.2 Å². The van der Waals surface area contributed by atoms with E-state index in [2.05, 4.69) is 30.9 Å². The molecule has 0 heterocycles. The van der Waals surface area contributed by atoms with E-state index >= 15 is 0 Å². The van der Waals surface area contributed by atoms with Gasteiger partial charge in [-0.2, -0.15) is 0 Å². The zero-order valence-electron chi connectivity index (χ0n) is 11.3. The van der Waals surface area contributed by atoms with Crippen LogP contribution in [0.3, 0.4) is 0 Å². The first-order chi connectivity index (χ1) is 8.06. The van der Waals surface area contributed by atoms with Crippen molar-refractivity contribution in [1.29, 1.82) is 0 Å². The molecule has 1 aromatic rings. The van der Waals surface area contributed by atoms with Crippen molar-refractivity contribution >= 4 is 6.29 Å². The van der Waals surface area contributed by atoms with E-state index in [-0.39, 0.29) is 12.0 Å². The summed E-state index contributed by atoms with van der Waals surface area (Å²) in [7, 11) is 4.07. The molecule has 0 saturated carbocycles. The van der Waals surface area contributed by atoms with Gasteiger partial charge >= 0.3 is 0 Å². The van der Waals surface area contributed by atoms with Gasteiger partial charge < -0.3 is 9.69 Å². The summed E-state index contributed by atoms with van der Waals surface area (Å²) in [5.74, 6) is 0.601. The molecule has 2 nitrogen and oxygen atoms in total. The Morgan fingerprint density at radius 1 is 1.18 bits per heavy atom. The maximum absolute atomic E-state index is 11.3. The molecule has 2 heteroatoms. The highest BCUT2D eigenvalue weighted by molar-refractivity contribution is 5.55. The van der Waals surface area contributed by atoms with Gasteiger partial charge in [0, 0.05) is 12.0 Å². The number of hydrogen-bond donors (Lipinski definition) is 0. The highest BCUT2D eigenvalue weighted by Gasteiger charge is 2.25. The van der Waals surface area contributed by atoms with E-state index in [0.717, 1.165) is 12.7 Å². The minimum atomic E-state index is 0.0624. The second-order valence-corrected chi connectivity index (χ2v) is 5.25. The molecule has 0 bridgehead atoms. The number of carbonyl (C=O) groups is 1.